The van der Waals surface area contributed by atoms with Gasteiger partial charge >= 0.3 is 0 Å². The van der Waals surface area contributed by atoms with Gasteiger partial charge in [0.25, 0.3) is 0 Å². The highest BCUT2D eigenvalue weighted by Crippen LogP contribution is 2.20. The van der Waals surface area contributed by atoms with Crippen LogP contribution in [0.5, 0.6) is 0 Å². The molecule has 0 fully saturated rings. The fourth-order valence-electron chi connectivity index (χ4n) is 2.77. The Labute approximate surface area is 116 Å². The van der Waals surface area contributed by atoms with Gasteiger partial charge in [-0.1, -0.05) is 42.5 Å². The smallest absolute Gasteiger partial charge is 0.0437 e. The molecule has 0 radical (unpaired) electrons. The Balaban J connectivity index is 1.79. The second-order valence-corrected chi connectivity index (χ2v) is 5.43. The van der Waals surface area contributed by atoms with Crippen molar-refractivity contribution in [3.05, 3.63) is 48.0 Å². The molecule has 0 aliphatic heterocycles. The molecule has 0 bridgehead atoms. The van der Waals surface area contributed by atoms with E-state index >= 15 is 0 Å². The van der Waals surface area contributed by atoms with Crippen molar-refractivity contribution in [1.82, 2.24) is 5.32 Å². The Morgan fingerprint density at radius 2 is 2.05 bits per heavy atom. The van der Waals surface area contributed by atoms with Gasteiger partial charge in [0.05, 0.1) is 0 Å². The molecule has 0 aromatic heterocycles. The van der Waals surface area contributed by atoms with E-state index in [2.05, 4.69) is 41.7 Å². The third-order valence-electron chi connectivity index (χ3n) is 3.95. The lowest BCUT2D eigenvalue weighted by atomic mass is 9.93. The fourth-order valence-corrected chi connectivity index (χ4v) is 2.77. The van der Waals surface area contributed by atoms with Crippen LogP contribution in [0.4, 0.5) is 0 Å². The Morgan fingerprint density at radius 1 is 1.21 bits per heavy atom. The van der Waals surface area contributed by atoms with Crippen LogP contribution in [0, 0.1) is 5.92 Å². The number of nitrogens with one attached hydrogen (secondary N) is 1. The van der Waals surface area contributed by atoms with Gasteiger partial charge in [-0.05, 0) is 49.6 Å². The van der Waals surface area contributed by atoms with Crippen LogP contribution < -0.4 is 5.32 Å². The number of aliphatic hydroxyl groups is 1. The molecule has 0 spiro atoms. The zero-order chi connectivity index (χ0) is 13.3. The van der Waals surface area contributed by atoms with E-state index in [0.29, 0.717) is 5.92 Å². The molecule has 2 atom stereocenters. The van der Waals surface area contributed by atoms with E-state index in [0.717, 1.165) is 25.4 Å². The van der Waals surface area contributed by atoms with Crippen LogP contribution in [0.2, 0.25) is 0 Å². The molecule has 0 saturated heterocycles. The summed E-state index contributed by atoms with van der Waals surface area (Å²) in [5, 5.41) is 12.8. The Hall–Kier alpha value is -1.12. The second kappa shape index (κ2) is 8.13. The van der Waals surface area contributed by atoms with Crippen LogP contribution in [0.3, 0.4) is 0 Å². The Bertz CT molecular complexity index is 374. The molecule has 0 amide bonds. The fraction of sp³-hybridized carbons (Fsp3) is 0.529. The van der Waals surface area contributed by atoms with Gasteiger partial charge in [0, 0.05) is 13.2 Å². The molecule has 2 nitrogen and oxygen atoms in total. The number of hydrogen-bond acceptors (Lipinski definition) is 2. The molecule has 2 N–H and O–H groups in total. The number of rotatable bonds is 7. The lowest BCUT2D eigenvalue weighted by Gasteiger charge is -2.21. The first-order chi connectivity index (χ1) is 9.40. The summed E-state index contributed by atoms with van der Waals surface area (Å²) < 4.78 is 0. The maximum absolute atomic E-state index is 9.21. The summed E-state index contributed by atoms with van der Waals surface area (Å²) in [6, 6.07) is 10.5. The standard InChI is InChI=1S/C17H25NO/c19-12-11-17(16-9-5-2-6-10-16)14-18-13-15-7-3-1-4-8-15/h1-3,5-6,9-10,15,17-19H,4,7-8,11-14H2/t15-,17-/m1/s1. The average molecular weight is 259 g/mol. The monoisotopic (exact) mass is 259 g/mol. The number of aliphatic hydroxyl groups excluding tert-OH is 1. The van der Waals surface area contributed by atoms with Crippen LogP contribution in [-0.2, 0) is 0 Å². The normalized spacial score (nSPS) is 20.4. The first-order valence-electron chi connectivity index (χ1n) is 7.41. The van der Waals surface area contributed by atoms with Crippen molar-refractivity contribution in [2.75, 3.05) is 19.7 Å². The molecule has 1 aromatic rings. The molecule has 0 saturated carbocycles. The van der Waals surface area contributed by atoms with E-state index in [1.54, 1.807) is 0 Å². The van der Waals surface area contributed by atoms with Crippen LogP contribution >= 0.6 is 0 Å². The van der Waals surface area contributed by atoms with Crippen LogP contribution in [-0.4, -0.2) is 24.8 Å². The minimum Gasteiger partial charge on any atom is -0.396 e. The summed E-state index contributed by atoms with van der Waals surface area (Å²) >= 11 is 0. The van der Waals surface area contributed by atoms with Crippen molar-refractivity contribution in [3.8, 4) is 0 Å². The van der Waals surface area contributed by atoms with Crippen LogP contribution in [0.1, 0.15) is 37.2 Å². The van der Waals surface area contributed by atoms with Gasteiger partial charge in [-0.2, -0.15) is 0 Å². The zero-order valence-corrected chi connectivity index (χ0v) is 11.6. The second-order valence-electron chi connectivity index (χ2n) is 5.43. The highest BCUT2D eigenvalue weighted by atomic mass is 16.3. The average Bonchev–Trinajstić information content (AvgIpc) is 2.48. The summed E-state index contributed by atoms with van der Waals surface area (Å²) in [5.74, 6) is 1.21. The molecular formula is C17H25NO. The van der Waals surface area contributed by atoms with Crippen molar-refractivity contribution in [1.29, 1.82) is 0 Å². The third-order valence-corrected chi connectivity index (χ3v) is 3.95. The molecule has 2 rings (SSSR count). The predicted molar refractivity (Wildman–Crippen MR) is 80.2 cm³/mol. The summed E-state index contributed by atoms with van der Waals surface area (Å²) in [6.07, 6.45) is 9.17. The summed E-state index contributed by atoms with van der Waals surface area (Å²) in [7, 11) is 0. The first-order valence-corrected chi connectivity index (χ1v) is 7.41. The van der Waals surface area contributed by atoms with E-state index in [9.17, 15) is 5.11 Å². The third kappa shape index (κ3) is 4.81. The quantitative estimate of drug-likeness (QED) is 0.738. The Kier molecular flexibility index (Phi) is 6.12. The molecule has 19 heavy (non-hydrogen) atoms. The molecular weight excluding hydrogens is 234 g/mol. The predicted octanol–water partition coefficient (Wildman–Crippen LogP) is 3.10. The largest absolute Gasteiger partial charge is 0.396 e. The van der Waals surface area contributed by atoms with Crippen molar-refractivity contribution in [3.63, 3.8) is 0 Å². The number of hydrogen-bond donors (Lipinski definition) is 2. The maximum Gasteiger partial charge on any atom is 0.0437 e. The first kappa shape index (κ1) is 14.3. The molecule has 1 aliphatic carbocycles. The molecule has 2 heteroatoms. The minimum atomic E-state index is 0.257. The highest BCUT2D eigenvalue weighted by Gasteiger charge is 2.13. The van der Waals surface area contributed by atoms with Crippen molar-refractivity contribution in [2.45, 2.75) is 31.6 Å². The van der Waals surface area contributed by atoms with Gasteiger partial charge in [-0.15, -0.1) is 0 Å². The molecule has 1 aliphatic rings. The summed E-state index contributed by atoms with van der Waals surface area (Å²) in [4.78, 5) is 0. The van der Waals surface area contributed by atoms with E-state index in [4.69, 9.17) is 0 Å². The van der Waals surface area contributed by atoms with Gasteiger partial charge in [0.2, 0.25) is 0 Å². The van der Waals surface area contributed by atoms with Gasteiger partial charge in [-0.25, -0.2) is 0 Å². The van der Waals surface area contributed by atoms with E-state index in [-0.39, 0.29) is 6.61 Å². The topological polar surface area (TPSA) is 32.3 Å². The van der Waals surface area contributed by atoms with Crippen molar-refractivity contribution < 1.29 is 5.11 Å². The molecule has 104 valence electrons. The van der Waals surface area contributed by atoms with Crippen LogP contribution in [0.25, 0.3) is 0 Å². The number of allylic oxidation sites excluding steroid dienone is 2. The van der Waals surface area contributed by atoms with E-state index < -0.39 is 0 Å². The lowest BCUT2D eigenvalue weighted by molar-refractivity contribution is 0.272. The van der Waals surface area contributed by atoms with Crippen LogP contribution in [0.15, 0.2) is 42.5 Å². The Morgan fingerprint density at radius 3 is 2.74 bits per heavy atom. The van der Waals surface area contributed by atoms with Crippen molar-refractivity contribution in [2.24, 2.45) is 5.92 Å². The molecule has 0 heterocycles. The molecule has 0 unspecified atom stereocenters. The van der Waals surface area contributed by atoms with Gasteiger partial charge < -0.3 is 10.4 Å². The molecule has 1 aromatic carbocycles. The summed E-state index contributed by atoms with van der Waals surface area (Å²) in [5.41, 5.74) is 1.33. The van der Waals surface area contributed by atoms with Crippen molar-refractivity contribution >= 4 is 0 Å². The van der Waals surface area contributed by atoms with E-state index in [1.165, 1.54) is 24.8 Å². The SMILES string of the molecule is OCC[C@H](CNC[C@@H]1CC=CCC1)c1ccccc1. The zero-order valence-electron chi connectivity index (χ0n) is 11.6. The van der Waals surface area contributed by atoms with Gasteiger partial charge in [0.15, 0.2) is 0 Å². The van der Waals surface area contributed by atoms with Gasteiger partial charge in [-0.3, -0.25) is 0 Å². The lowest BCUT2D eigenvalue weighted by Crippen LogP contribution is -2.28. The van der Waals surface area contributed by atoms with E-state index in [1.807, 2.05) is 6.07 Å². The maximum atomic E-state index is 9.21. The summed E-state index contributed by atoms with van der Waals surface area (Å²) in [6.45, 7) is 2.32. The highest BCUT2D eigenvalue weighted by molar-refractivity contribution is 5.19. The minimum absolute atomic E-state index is 0.257. The number of benzene rings is 1. The van der Waals surface area contributed by atoms with Gasteiger partial charge in [0.1, 0.15) is 0 Å².